The van der Waals surface area contributed by atoms with E-state index in [9.17, 15) is 14.4 Å². The van der Waals surface area contributed by atoms with Gasteiger partial charge in [0.2, 0.25) is 17.8 Å². The molecule has 0 spiro atoms. The molecule has 2 amide bonds. The van der Waals surface area contributed by atoms with E-state index in [-0.39, 0.29) is 35.3 Å². The number of hydrogen-bond acceptors (Lipinski definition) is 5. The van der Waals surface area contributed by atoms with E-state index in [2.05, 4.69) is 32.4 Å². The smallest absolute Gasteiger partial charge is 0.258 e. The van der Waals surface area contributed by atoms with Crippen LogP contribution in [0.15, 0.2) is 47.3 Å². The van der Waals surface area contributed by atoms with Crippen molar-refractivity contribution in [2.45, 2.75) is 44.6 Å². The molecule has 1 saturated heterocycles. The zero-order chi connectivity index (χ0) is 22.2. The lowest BCUT2D eigenvalue weighted by atomic mass is 9.92. The van der Waals surface area contributed by atoms with Crippen molar-refractivity contribution >= 4 is 40.0 Å². The second-order valence-corrected chi connectivity index (χ2v) is 8.51. The normalized spacial score (nSPS) is 20.5. The molecular weight excluding hydrogens is 406 g/mol. The van der Waals surface area contributed by atoms with Gasteiger partial charge < -0.3 is 15.5 Å². The molecule has 0 bridgehead atoms. The minimum atomic E-state index is -0.915. The van der Waals surface area contributed by atoms with Crippen LogP contribution < -0.4 is 21.1 Å². The Kier molecular flexibility index (Phi) is 5.13. The van der Waals surface area contributed by atoms with E-state index in [4.69, 9.17) is 0 Å². The zero-order valence-corrected chi connectivity index (χ0v) is 17.9. The first kappa shape index (κ1) is 20.2. The van der Waals surface area contributed by atoms with E-state index in [1.807, 2.05) is 42.5 Å². The lowest BCUT2D eigenvalue weighted by molar-refractivity contribution is -0.123. The van der Waals surface area contributed by atoms with Crippen molar-refractivity contribution < 1.29 is 9.59 Å². The number of fused-ring (bicyclic) bond motifs is 2. The number of amides is 2. The molecule has 0 saturated carbocycles. The molecule has 164 valence electrons. The van der Waals surface area contributed by atoms with Gasteiger partial charge in [-0.05, 0) is 37.6 Å². The Bertz CT molecular complexity index is 1260. The lowest BCUT2D eigenvalue weighted by Crippen LogP contribution is -2.42. The van der Waals surface area contributed by atoms with Crippen molar-refractivity contribution in [1.82, 2.24) is 9.97 Å². The maximum absolute atomic E-state index is 13.2. The number of carbonyl (C=O) groups excluding carboxylic acids is 2. The maximum Gasteiger partial charge on any atom is 0.258 e. The SMILES string of the molecule is C[C@H]1CCCCN1c1nc2c(c(=O)[nH]1)[C@H](C(=O)Nc1cccc3ccccc13)CC(=O)N2. The van der Waals surface area contributed by atoms with Crippen LogP contribution in [0.5, 0.6) is 0 Å². The number of anilines is 3. The number of aromatic amines is 1. The van der Waals surface area contributed by atoms with Crippen LogP contribution >= 0.6 is 0 Å². The van der Waals surface area contributed by atoms with Crippen molar-refractivity contribution in [2.75, 3.05) is 22.1 Å². The van der Waals surface area contributed by atoms with E-state index in [0.717, 1.165) is 36.6 Å². The Balaban J connectivity index is 1.49. The Morgan fingerprint density at radius 3 is 2.78 bits per heavy atom. The third-order valence-electron chi connectivity index (χ3n) is 6.38. The van der Waals surface area contributed by atoms with Crippen molar-refractivity contribution in [1.29, 1.82) is 0 Å². The average molecular weight is 431 g/mol. The predicted octanol–water partition coefficient (Wildman–Crippen LogP) is 3.37. The fourth-order valence-electron chi connectivity index (χ4n) is 4.69. The molecule has 2 atom stereocenters. The summed E-state index contributed by atoms with van der Waals surface area (Å²) in [5.41, 5.74) is 0.459. The van der Waals surface area contributed by atoms with Gasteiger partial charge >= 0.3 is 0 Å². The Labute approximate surface area is 185 Å². The second kappa shape index (κ2) is 8.11. The van der Waals surface area contributed by atoms with Gasteiger partial charge in [-0.25, -0.2) is 0 Å². The quantitative estimate of drug-likeness (QED) is 0.589. The van der Waals surface area contributed by atoms with Crippen LogP contribution in [-0.4, -0.2) is 34.4 Å². The van der Waals surface area contributed by atoms with Gasteiger partial charge in [0.15, 0.2) is 0 Å². The fraction of sp³-hybridized carbons (Fsp3) is 0.333. The summed E-state index contributed by atoms with van der Waals surface area (Å²) in [7, 11) is 0. The third-order valence-corrected chi connectivity index (χ3v) is 6.38. The van der Waals surface area contributed by atoms with Crippen molar-refractivity contribution in [3.05, 3.63) is 58.4 Å². The summed E-state index contributed by atoms with van der Waals surface area (Å²) in [6.45, 7) is 2.89. The minimum Gasteiger partial charge on any atom is -0.340 e. The van der Waals surface area contributed by atoms with E-state index >= 15 is 0 Å². The summed E-state index contributed by atoms with van der Waals surface area (Å²) in [5, 5.41) is 7.50. The molecule has 2 aliphatic heterocycles. The molecular formula is C24H25N5O3. The van der Waals surface area contributed by atoms with Crippen LogP contribution in [-0.2, 0) is 9.59 Å². The second-order valence-electron chi connectivity index (χ2n) is 8.51. The molecule has 5 rings (SSSR count). The number of nitrogens with zero attached hydrogens (tertiary/aromatic N) is 2. The molecule has 0 aliphatic carbocycles. The monoisotopic (exact) mass is 431 g/mol. The van der Waals surface area contributed by atoms with Gasteiger partial charge in [-0.15, -0.1) is 0 Å². The molecule has 0 unspecified atom stereocenters. The largest absolute Gasteiger partial charge is 0.340 e. The molecule has 0 radical (unpaired) electrons. The van der Waals surface area contributed by atoms with Crippen LogP contribution in [0.25, 0.3) is 10.8 Å². The van der Waals surface area contributed by atoms with E-state index in [0.29, 0.717) is 11.6 Å². The van der Waals surface area contributed by atoms with Crippen LogP contribution in [0, 0.1) is 0 Å². The van der Waals surface area contributed by atoms with Crippen molar-refractivity contribution in [2.24, 2.45) is 0 Å². The fourth-order valence-corrected chi connectivity index (χ4v) is 4.69. The first-order chi connectivity index (χ1) is 15.5. The molecule has 3 aromatic rings. The summed E-state index contributed by atoms with van der Waals surface area (Å²) in [6, 6.07) is 13.6. The highest BCUT2D eigenvalue weighted by Crippen LogP contribution is 2.32. The molecule has 32 heavy (non-hydrogen) atoms. The maximum atomic E-state index is 13.2. The van der Waals surface area contributed by atoms with E-state index in [1.54, 1.807) is 0 Å². The summed E-state index contributed by atoms with van der Waals surface area (Å²) < 4.78 is 0. The van der Waals surface area contributed by atoms with Gasteiger partial charge in [0, 0.05) is 30.1 Å². The first-order valence-corrected chi connectivity index (χ1v) is 11.0. The lowest BCUT2D eigenvalue weighted by Gasteiger charge is -2.34. The standard InChI is InChI=1S/C24H25N5O3/c1-14-7-4-5-12-29(14)24-27-21-20(23(32)28-24)17(13-19(30)26-21)22(31)25-18-11-6-9-15-8-2-3-10-16(15)18/h2-3,6,8-11,14,17H,4-5,7,12-13H2,1H3,(H,25,31)(H2,26,27,28,30,32)/t14-,17+/m0/s1. The molecule has 1 fully saturated rings. The highest BCUT2D eigenvalue weighted by molar-refractivity contribution is 6.08. The highest BCUT2D eigenvalue weighted by Gasteiger charge is 2.35. The summed E-state index contributed by atoms with van der Waals surface area (Å²) in [5.74, 6) is -1.02. The Morgan fingerprint density at radius 1 is 1.12 bits per heavy atom. The van der Waals surface area contributed by atoms with Crippen LogP contribution in [0.4, 0.5) is 17.5 Å². The van der Waals surface area contributed by atoms with Crippen molar-refractivity contribution in [3.63, 3.8) is 0 Å². The summed E-state index contributed by atoms with van der Waals surface area (Å²) in [6.07, 6.45) is 3.07. The minimum absolute atomic E-state index is 0.103. The first-order valence-electron chi connectivity index (χ1n) is 11.0. The summed E-state index contributed by atoms with van der Waals surface area (Å²) in [4.78, 5) is 48.2. The average Bonchev–Trinajstić information content (AvgIpc) is 2.78. The van der Waals surface area contributed by atoms with Gasteiger partial charge in [-0.3, -0.25) is 19.4 Å². The number of rotatable bonds is 3. The topological polar surface area (TPSA) is 107 Å². The van der Waals surface area contributed by atoms with Crippen molar-refractivity contribution in [3.8, 4) is 0 Å². The van der Waals surface area contributed by atoms with Crippen LogP contribution in [0.3, 0.4) is 0 Å². The predicted molar refractivity (Wildman–Crippen MR) is 124 cm³/mol. The van der Waals surface area contributed by atoms with Gasteiger partial charge in [0.25, 0.3) is 5.56 Å². The molecule has 3 N–H and O–H groups in total. The number of carbonyl (C=O) groups is 2. The molecule has 3 heterocycles. The third kappa shape index (κ3) is 3.62. The van der Waals surface area contributed by atoms with E-state index in [1.165, 1.54) is 0 Å². The van der Waals surface area contributed by atoms with Gasteiger partial charge in [0.05, 0.1) is 11.5 Å². The van der Waals surface area contributed by atoms with Crippen LogP contribution in [0.1, 0.15) is 44.1 Å². The number of aromatic nitrogens is 2. The zero-order valence-electron chi connectivity index (χ0n) is 17.9. The van der Waals surface area contributed by atoms with Crippen LogP contribution in [0.2, 0.25) is 0 Å². The number of piperidine rings is 1. The van der Waals surface area contributed by atoms with E-state index < -0.39 is 11.8 Å². The van der Waals surface area contributed by atoms with Gasteiger partial charge in [-0.2, -0.15) is 4.98 Å². The molecule has 8 nitrogen and oxygen atoms in total. The number of benzene rings is 2. The molecule has 2 aromatic carbocycles. The number of hydrogen-bond donors (Lipinski definition) is 3. The highest BCUT2D eigenvalue weighted by atomic mass is 16.2. The van der Waals surface area contributed by atoms with Gasteiger partial charge in [0.1, 0.15) is 5.82 Å². The Hall–Kier alpha value is -3.68. The number of H-pyrrole nitrogens is 1. The Morgan fingerprint density at radius 2 is 1.94 bits per heavy atom. The molecule has 2 aliphatic rings. The summed E-state index contributed by atoms with van der Waals surface area (Å²) >= 11 is 0. The number of nitrogens with one attached hydrogen (secondary N) is 3. The molecule has 1 aromatic heterocycles. The van der Waals surface area contributed by atoms with Gasteiger partial charge in [-0.1, -0.05) is 36.4 Å². The molecule has 8 heteroatoms.